The standard InChI is InChI=1S/C22H23N3O4/c1-4-29-18-10-7-11-25-19(13(2)23-20(18)25)21(26)24-17-12-16(22(27)28-3)14-8-5-6-9-15(14)17/h5-11,16-17H,4,12H2,1-3H3,(H,24,26)/t16-,17-/m0/s1. The third kappa shape index (κ3) is 3.22. The number of imidazole rings is 1. The van der Waals surface area contributed by atoms with Crippen molar-refractivity contribution in [3.05, 3.63) is 65.1 Å². The Kier molecular flexibility index (Phi) is 4.96. The lowest BCUT2D eigenvalue weighted by molar-refractivity contribution is -0.142. The molecule has 1 aliphatic rings. The lowest BCUT2D eigenvalue weighted by Gasteiger charge is -2.15. The number of benzene rings is 1. The quantitative estimate of drug-likeness (QED) is 0.674. The first kappa shape index (κ1) is 19.0. The van der Waals surface area contributed by atoms with Crippen LogP contribution in [-0.2, 0) is 9.53 Å². The number of ether oxygens (including phenoxy) is 2. The Bertz CT molecular complexity index is 1090. The summed E-state index contributed by atoms with van der Waals surface area (Å²) in [4.78, 5) is 29.9. The molecule has 1 N–H and O–H groups in total. The van der Waals surface area contributed by atoms with Crippen LogP contribution in [0.3, 0.4) is 0 Å². The summed E-state index contributed by atoms with van der Waals surface area (Å²) in [6, 6.07) is 11.0. The van der Waals surface area contributed by atoms with Gasteiger partial charge in [-0.2, -0.15) is 0 Å². The number of aryl methyl sites for hydroxylation is 1. The molecule has 0 fully saturated rings. The van der Waals surface area contributed by atoms with Gasteiger partial charge in [-0.25, -0.2) is 4.98 Å². The van der Waals surface area contributed by atoms with Crippen LogP contribution in [0.1, 0.15) is 52.6 Å². The fourth-order valence-corrected chi connectivity index (χ4v) is 4.06. The summed E-state index contributed by atoms with van der Waals surface area (Å²) in [6.45, 7) is 4.22. The summed E-state index contributed by atoms with van der Waals surface area (Å²) in [5, 5.41) is 3.08. The van der Waals surface area contributed by atoms with E-state index in [0.717, 1.165) is 11.1 Å². The van der Waals surface area contributed by atoms with E-state index in [9.17, 15) is 9.59 Å². The van der Waals surface area contributed by atoms with Crippen LogP contribution < -0.4 is 10.1 Å². The van der Waals surface area contributed by atoms with Crippen molar-refractivity contribution < 1.29 is 19.1 Å². The van der Waals surface area contributed by atoms with Crippen LogP contribution in [0.5, 0.6) is 5.75 Å². The van der Waals surface area contributed by atoms with Crippen LogP contribution >= 0.6 is 0 Å². The minimum absolute atomic E-state index is 0.242. The number of carbonyl (C=O) groups is 2. The Morgan fingerprint density at radius 1 is 1.21 bits per heavy atom. The fourth-order valence-electron chi connectivity index (χ4n) is 4.06. The Morgan fingerprint density at radius 3 is 2.69 bits per heavy atom. The van der Waals surface area contributed by atoms with Gasteiger partial charge in [-0.05, 0) is 43.5 Å². The van der Waals surface area contributed by atoms with Gasteiger partial charge in [0.2, 0.25) is 0 Å². The number of hydrogen-bond acceptors (Lipinski definition) is 5. The van der Waals surface area contributed by atoms with Gasteiger partial charge < -0.3 is 14.8 Å². The second kappa shape index (κ2) is 7.58. The van der Waals surface area contributed by atoms with E-state index in [2.05, 4.69) is 10.3 Å². The molecule has 0 bridgehead atoms. The molecule has 3 aromatic rings. The summed E-state index contributed by atoms with van der Waals surface area (Å²) in [7, 11) is 1.38. The number of nitrogens with one attached hydrogen (secondary N) is 1. The summed E-state index contributed by atoms with van der Waals surface area (Å²) in [5.41, 5.74) is 3.53. The molecular formula is C22H23N3O4. The molecule has 29 heavy (non-hydrogen) atoms. The van der Waals surface area contributed by atoms with Gasteiger partial charge in [0.25, 0.3) is 5.91 Å². The summed E-state index contributed by atoms with van der Waals surface area (Å²) in [6.07, 6.45) is 2.27. The van der Waals surface area contributed by atoms with Crippen LogP contribution in [-0.4, -0.2) is 35.0 Å². The van der Waals surface area contributed by atoms with Gasteiger partial charge in [0.05, 0.1) is 31.4 Å². The van der Waals surface area contributed by atoms with Crippen LogP contribution in [0.4, 0.5) is 0 Å². The van der Waals surface area contributed by atoms with E-state index in [0.29, 0.717) is 35.8 Å². The van der Waals surface area contributed by atoms with Crippen LogP contribution in [0.15, 0.2) is 42.6 Å². The molecule has 0 spiro atoms. The number of pyridine rings is 1. The van der Waals surface area contributed by atoms with E-state index < -0.39 is 0 Å². The van der Waals surface area contributed by atoms with Crippen molar-refractivity contribution >= 4 is 17.5 Å². The average molecular weight is 393 g/mol. The first-order valence-corrected chi connectivity index (χ1v) is 9.63. The number of amides is 1. The summed E-state index contributed by atoms with van der Waals surface area (Å²) >= 11 is 0. The average Bonchev–Trinajstić information content (AvgIpc) is 3.26. The number of methoxy groups -OCH3 is 1. The van der Waals surface area contributed by atoms with Gasteiger partial charge in [-0.15, -0.1) is 0 Å². The molecule has 150 valence electrons. The van der Waals surface area contributed by atoms with Crippen molar-refractivity contribution in [2.75, 3.05) is 13.7 Å². The molecule has 2 atom stereocenters. The highest BCUT2D eigenvalue weighted by Gasteiger charge is 2.37. The molecule has 4 rings (SSSR count). The zero-order valence-electron chi connectivity index (χ0n) is 16.6. The van der Waals surface area contributed by atoms with Crippen molar-refractivity contribution in [2.45, 2.75) is 32.2 Å². The molecule has 2 heterocycles. The predicted molar refractivity (Wildman–Crippen MR) is 107 cm³/mol. The van der Waals surface area contributed by atoms with Gasteiger partial charge in [-0.1, -0.05) is 24.3 Å². The van der Waals surface area contributed by atoms with Gasteiger partial charge in [-0.3, -0.25) is 14.0 Å². The van der Waals surface area contributed by atoms with Crippen molar-refractivity contribution in [2.24, 2.45) is 0 Å². The predicted octanol–water partition coefficient (Wildman–Crippen LogP) is 3.17. The van der Waals surface area contributed by atoms with Crippen molar-refractivity contribution in [1.82, 2.24) is 14.7 Å². The van der Waals surface area contributed by atoms with E-state index in [1.54, 1.807) is 17.5 Å². The van der Waals surface area contributed by atoms with Crippen LogP contribution in [0, 0.1) is 6.92 Å². The Morgan fingerprint density at radius 2 is 1.97 bits per heavy atom. The molecule has 0 aliphatic heterocycles. The zero-order valence-corrected chi connectivity index (χ0v) is 16.6. The number of esters is 1. The van der Waals surface area contributed by atoms with E-state index in [1.165, 1.54) is 7.11 Å². The van der Waals surface area contributed by atoms with E-state index in [-0.39, 0.29) is 23.8 Å². The second-order valence-corrected chi connectivity index (χ2v) is 7.01. The normalized spacial score (nSPS) is 17.8. The molecule has 1 aliphatic carbocycles. The molecule has 0 saturated carbocycles. The first-order valence-electron chi connectivity index (χ1n) is 9.63. The largest absolute Gasteiger partial charge is 0.490 e. The van der Waals surface area contributed by atoms with Gasteiger partial charge >= 0.3 is 5.97 Å². The van der Waals surface area contributed by atoms with Gasteiger partial charge in [0.15, 0.2) is 11.4 Å². The SMILES string of the molecule is CCOc1cccn2c(C(=O)N[C@H]3C[C@H](C(=O)OC)c4ccccc43)c(C)nc12. The maximum absolute atomic E-state index is 13.2. The lowest BCUT2D eigenvalue weighted by atomic mass is 10.0. The highest BCUT2D eigenvalue weighted by Crippen LogP contribution is 2.41. The minimum atomic E-state index is -0.380. The number of carbonyl (C=O) groups excluding carboxylic acids is 2. The Balaban J connectivity index is 1.66. The molecule has 0 unspecified atom stereocenters. The van der Waals surface area contributed by atoms with Crippen molar-refractivity contribution in [3.8, 4) is 5.75 Å². The highest BCUT2D eigenvalue weighted by atomic mass is 16.5. The number of nitrogens with zero attached hydrogens (tertiary/aromatic N) is 2. The van der Waals surface area contributed by atoms with E-state index >= 15 is 0 Å². The molecule has 0 saturated heterocycles. The van der Waals surface area contributed by atoms with E-state index in [1.807, 2.05) is 43.3 Å². The summed E-state index contributed by atoms with van der Waals surface area (Å²) in [5.74, 6) is -0.279. The number of hydrogen-bond donors (Lipinski definition) is 1. The first-order chi connectivity index (χ1) is 14.0. The number of rotatable bonds is 5. The van der Waals surface area contributed by atoms with E-state index in [4.69, 9.17) is 9.47 Å². The van der Waals surface area contributed by atoms with Crippen molar-refractivity contribution in [1.29, 1.82) is 0 Å². The number of fused-ring (bicyclic) bond motifs is 2. The zero-order chi connectivity index (χ0) is 20.5. The molecule has 2 aromatic heterocycles. The molecule has 7 nitrogen and oxygen atoms in total. The highest BCUT2D eigenvalue weighted by molar-refractivity contribution is 5.95. The van der Waals surface area contributed by atoms with Crippen molar-refractivity contribution in [3.63, 3.8) is 0 Å². The molecule has 0 radical (unpaired) electrons. The molecule has 1 aromatic carbocycles. The Labute approximate surface area is 168 Å². The maximum Gasteiger partial charge on any atom is 0.313 e. The third-order valence-electron chi connectivity index (χ3n) is 5.31. The Hall–Kier alpha value is -3.35. The monoisotopic (exact) mass is 393 g/mol. The molecular weight excluding hydrogens is 370 g/mol. The van der Waals surface area contributed by atoms with Crippen LogP contribution in [0.25, 0.3) is 5.65 Å². The minimum Gasteiger partial charge on any atom is -0.490 e. The summed E-state index contributed by atoms with van der Waals surface area (Å²) < 4.78 is 12.3. The lowest BCUT2D eigenvalue weighted by Crippen LogP contribution is -2.29. The maximum atomic E-state index is 13.2. The second-order valence-electron chi connectivity index (χ2n) is 7.01. The van der Waals surface area contributed by atoms with Crippen LogP contribution in [0.2, 0.25) is 0 Å². The third-order valence-corrected chi connectivity index (χ3v) is 5.31. The smallest absolute Gasteiger partial charge is 0.313 e. The number of aromatic nitrogens is 2. The molecule has 7 heteroatoms. The topological polar surface area (TPSA) is 81.9 Å². The molecule has 1 amide bonds. The van der Waals surface area contributed by atoms with Gasteiger partial charge in [0.1, 0.15) is 5.69 Å². The fraction of sp³-hybridized carbons (Fsp3) is 0.318. The van der Waals surface area contributed by atoms with Gasteiger partial charge in [0, 0.05) is 6.20 Å².